The second-order valence-corrected chi connectivity index (χ2v) is 9.98. The van der Waals surface area contributed by atoms with Crippen molar-refractivity contribution in [3.05, 3.63) is 24.2 Å². The first kappa shape index (κ1) is 21.4. The van der Waals surface area contributed by atoms with Gasteiger partial charge in [0, 0.05) is 41.0 Å². The van der Waals surface area contributed by atoms with Gasteiger partial charge in [0.25, 0.3) is 0 Å². The molecule has 0 aromatic carbocycles. The van der Waals surface area contributed by atoms with Crippen molar-refractivity contribution in [3.8, 4) is 11.4 Å². The van der Waals surface area contributed by atoms with Gasteiger partial charge >= 0.3 is 6.18 Å². The van der Waals surface area contributed by atoms with E-state index in [0.717, 1.165) is 0 Å². The number of imidazole rings is 1. The zero-order chi connectivity index (χ0) is 22.4. The molecule has 0 bridgehead atoms. The van der Waals surface area contributed by atoms with E-state index in [-0.39, 0.29) is 34.4 Å². The molecule has 9 nitrogen and oxygen atoms in total. The molecule has 0 aliphatic carbocycles. The first-order valence-electron chi connectivity index (χ1n) is 9.34. The molecule has 3 aromatic rings. The van der Waals surface area contributed by atoms with Crippen molar-refractivity contribution in [3.63, 3.8) is 0 Å². The molecule has 0 saturated carbocycles. The van der Waals surface area contributed by atoms with Crippen molar-refractivity contribution in [2.75, 3.05) is 37.2 Å². The molecule has 0 amide bonds. The minimum atomic E-state index is -4.65. The van der Waals surface area contributed by atoms with E-state index < -0.39 is 21.7 Å². The van der Waals surface area contributed by atoms with Gasteiger partial charge in [0.15, 0.2) is 17.3 Å². The molecule has 4 rings (SSSR count). The van der Waals surface area contributed by atoms with Gasteiger partial charge in [-0.1, -0.05) is 0 Å². The van der Waals surface area contributed by atoms with Gasteiger partial charge in [0.1, 0.15) is 11.3 Å². The summed E-state index contributed by atoms with van der Waals surface area (Å²) in [6, 6.07) is 3.11. The molecule has 3 aromatic heterocycles. The number of nitrogens with zero attached hydrogens (tertiary/aromatic N) is 6. The Morgan fingerprint density at radius 1 is 1.29 bits per heavy atom. The van der Waals surface area contributed by atoms with Gasteiger partial charge in [-0.25, -0.2) is 24.1 Å². The molecule has 13 heteroatoms. The van der Waals surface area contributed by atoms with Gasteiger partial charge in [-0.15, -0.1) is 0 Å². The molecule has 166 valence electrons. The Morgan fingerprint density at radius 3 is 2.74 bits per heavy atom. The maximum atomic E-state index is 13.1. The zero-order valence-corrected chi connectivity index (χ0v) is 17.8. The first-order valence-corrected chi connectivity index (χ1v) is 11.7. The molecule has 0 spiro atoms. The van der Waals surface area contributed by atoms with Crippen LogP contribution in [-0.2, 0) is 20.6 Å². The van der Waals surface area contributed by atoms with Gasteiger partial charge in [-0.3, -0.25) is 0 Å². The van der Waals surface area contributed by atoms with Gasteiger partial charge in [-0.2, -0.15) is 17.5 Å². The summed E-state index contributed by atoms with van der Waals surface area (Å²) >= 11 is 0. The lowest BCUT2D eigenvalue weighted by atomic mass is 10.2. The smallest absolute Gasteiger partial charge is 0.377 e. The fourth-order valence-corrected chi connectivity index (χ4v) is 3.80. The van der Waals surface area contributed by atoms with Crippen LogP contribution < -0.4 is 4.90 Å². The summed E-state index contributed by atoms with van der Waals surface area (Å²) in [5.41, 5.74) is 0.211. The molecule has 31 heavy (non-hydrogen) atoms. The molecule has 1 saturated heterocycles. The van der Waals surface area contributed by atoms with E-state index in [2.05, 4.69) is 29.3 Å². The number of anilines is 1. The van der Waals surface area contributed by atoms with Crippen LogP contribution in [0, 0.1) is 0 Å². The number of rotatable bonds is 3. The summed E-state index contributed by atoms with van der Waals surface area (Å²) in [4.78, 5) is 20.7. The summed E-state index contributed by atoms with van der Waals surface area (Å²) in [6.07, 6.45) is -0.358. The van der Waals surface area contributed by atoms with Gasteiger partial charge in [0.2, 0.25) is 5.82 Å². The van der Waals surface area contributed by atoms with Crippen molar-refractivity contribution >= 4 is 32.5 Å². The standard InChI is InChI=1S/C18H20F3N7O2S/c1-10-9-30-7-6-28(10)13-8-12(27-31(2,3)29)23-15(24-13)11-4-5-22-16-14(11)25-17(26-16)18(19,20)21/h4-5,8,10H,6-7,9H2,1-3H3,(H,22,25,26). The molecule has 1 N–H and O–H groups in total. The number of aromatic amines is 1. The fourth-order valence-electron chi connectivity index (χ4n) is 3.25. The number of aromatic nitrogens is 5. The molecule has 1 fully saturated rings. The van der Waals surface area contributed by atoms with E-state index in [1.165, 1.54) is 24.8 Å². The summed E-state index contributed by atoms with van der Waals surface area (Å²) < 4.78 is 61.3. The summed E-state index contributed by atoms with van der Waals surface area (Å²) in [7, 11) is -2.54. The molecular formula is C18H20F3N7O2S. The molecule has 0 radical (unpaired) electrons. The molecule has 1 unspecified atom stereocenters. The number of H-pyrrole nitrogens is 1. The Kier molecular flexibility index (Phi) is 5.33. The predicted octanol–water partition coefficient (Wildman–Crippen LogP) is 3.02. The zero-order valence-electron chi connectivity index (χ0n) is 17.0. The van der Waals surface area contributed by atoms with Crippen LogP contribution >= 0.6 is 0 Å². The Morgan fingerprint density at radius 2 is 2.06 bits per heavy atom. The number of hydrogen-bond donors (Lipinski definition) is 1. The molecule has 1 atom stereocenters. The summed E-state index contributed by atoms with van der Waals surface area (Å²) in [6.45, 7) is 3.53. The Hall–Kier alpha value is -2.80. The third kappa shape index (κ3) is 4.61. The maximum absolute atomic E-state index is 13.1. The second-order valence-electron chi connectivity index (χ2n) is 7.44. The van der Waals surface area contributed by atoms with Crippen molar-refractivity contribution in [2.45, 2.75) is 19.1 Å². The molecule has 1 aliphatic rings. The predicted molar refractivity (Wildman–Crippen MR) is 110 cm³/mol. The van der Waals surface area contributed by atoms with Crippen LogP contribution in [0.2, 0.25) is 0 Å². The number of alkyl halides is 3. The normalized spacial score (nSPS) is 17.9. The van der Waals surface area contributed by atoms with Crippen LogP contribution in [0.25, 0.3) is 22.6 Å². The number of halogens is 3. The number of nitrogens with one attached hydrogen (secondary N) is 1. The number of hydrogen-bond acceptors (Lipinski definition) is 8. The van der Waals surface area contributed by atoms with E-state index >= 15 is 0 Å². The highest BCUT2D eigenvalue weighted by Crippen LogP contribution is 2.33. The van der Waals surface area contributed by atoms with Crippen LogP contribution in [0.5, 0.6) is 0 Å². The van der Waals surface area contributed by atoms with E-state index in [4.69, 9.17) is 4.74 Å². The van der Waals surface area contributed by atoms with Crippen molar-refractivity contribution < 1.29 is 22.1 Å². The summed E-state index contributed by atoms with van der Waals surface area (Å²) in [5.74, 6) is -0.355. The van der Waals surface area contributed by atoms with Crippen LogP contribution in [0.4, 0.5) is 24.8 Å². The topological polar surface area (TPSA) is 109 Å². The number of fused-ring (bicyclic) bond motifs is 1. The lowest BCUT2D eigenvalue weighted by molar-refractivity contribution is -0.144. The monoisotopic (exact) mass is 455 g/mol. The van der Waals surface area contributed by atoms with E-state index in [0.29, 0.717) is 25.6 Å². The third-order valence-corrected chi connectivity index (χ3v) is 5.20. The molecule has 4 heterocycles. The first-order chi connectivity index (χ1) is 14.5. The van der Waals surface area contributed by atoms with Crippen molar-refractivity contribution in [2.24, 2.45) is 4.36 Å². The number of morpholine rings is 1. The number of ether oxygens (including phenoxy) is 1. The Bertz CT molecular complexity index is 1240. The summed E-state index contributed by atoms with van der Waals surface area (Å²) in [5, 5.41) is 0. The van der Waals surface area contributed by atoms with Gasteiger partial charge in [-0.05, 0) is 13.0 Å². The van der Waals surface area contributed by atoms with Crippen LogP contribution in [0.1, 0.15) is 12.7 Å². The third-order valence-electron chi connectivity index (χ3n) is 4.57. The highest BCUT2D eigenvalue weighted by Gasteiger charge is 2.35. The van der Waals surface area contributed by atoms with Crippen molar-refractivity contribution in [1.29, 1.82) is 0 Å². The highest BCUT2D eigenvalue weighted by molar-refractivity contribution is 7.92. The molecular weight excluding hydrogens is 435 g/mol. The lowest BCUT2D eigenvalue weighted by Crippen LogP contribution is -2.44. The van der Waals surface area contributed by atoms with E-state index in [9.17, 15) is 17.4 Å². The van der Waals surface area contributed by atoms with Gasteiger partial charge in [0.05, 0.1) is 24.8 Å². The van der Waals surface area contributed by atoms with Gasteiger partial charge < -0.3 is 14.6 Å². The largest absolute Gasteiger partial charge is 0.449 e. The van der Waals surface area contributed by atoms with Crippen LogP contribution in [0.15, 0.2) is 22.7 Å². The van der Waals surface area contributed by atoms with Crippen LogP contribution in [0.3, 0.4) is 0 Å². The average Bonchev–Trinajstić information content (AvgIpc) is 3.11. The lowest BCUT2D eigenvalue weighted by Gasteiger charge is -2.34. The fraction of sp³-hybridized carbons (Fsp3) is 0.444. The van der Waals surface area contributed by atoms with Crippen LogP contribution in [-0.4, -0.2) is 67.4 Å². The minimum Gasteiger partial charge on any atom is -0.377 e. The Labute approximate surface area is 176 Å². The second kappa shape index (κ2) is 7.71. The average molecular weight is 455 g/mol. The minimum absolute atomic E-state index is 0.0108. The van der Waals surface area contributed by atoms with E-state index in [1.807, 2.05) is 11.8 Å². The van der Waals surface area contributed by atoms with E-state index in [1.54, 1.807) is 6.07 Å². The Balaban J connectivity index is 1.92. The number of pyridine rings is 1. The quantitative estimate of drug-likeness (QED) is 0.647. The molecule has 1 aliphatic heterocycles. The van der Waals surface area contributed by atoms with Crippen molar-refractivity contribution in [1.82, 2.24) is 24.9 Å². The SMILES string of the molecule is CC1COCCN1c1cc(N=S(C)(C)=O)nc(-c2ccnc3[nH]c(C(F)(F)F)nc23)n1. The maximum Gasteiger partial charge on any atom is 0.449 e. The highest BCUT2D eigenvalue weighted by atomic mass is 32.2.